The summed E-state index contributed by atoms with van der Waals surface area (Å²) in [6.07, 6.45) is 3.40. The van der Waals surface area contributed by atoms with Gasteiger partial charge in [-0.05, 0) is 39.7 Å². The molecular formula is C16H10BrN3O2S2. The van der Waals surface area contributed by atoms with Gasteiger partial charge < -0.3 is 4.74 Å². The van der Waals surface area contributed by atoms with Crippen molar-refractivity contribution in [2.75, 3.05) is 6.61 Å². The van der Waals surface area contributed by atoms with Crippen LogP contribution in [0.15, 0.2) is 39.2 Å². The number of ether oxygens (including phenoxy) is 1. The van der Waals surface area contributed by atoms with E-state index < -0.39 is 5.92 Å². The molecule has 0 radical (unpaired) electrons. The third-order valence-electron chi connectivity index (χ3n) is 3.23. The van der Waals surface area contributed by atoms with Gasteiger partial charge in [-0.15, -0.1) is 11.3 Å². The van der Waals surface area contributed by atoms with Gasteiger partial charge in [0.05, 0.1) is 14.4 Å². The maximum atomic E-state index is 12.6. The second-order valence-corrected chi connectivity index (χ2v) is 7.64. The van der Waals surface area contributed by atoms with Crippen LogP contribution in [0.4, 0.5) is 0 Å². The van der Waals surface area contributed by atoms with E-state index in [4.69, 9.17) is 15.4 Å². The van der Waals surface area contributed by atoms with Gasteiger partial charge in [0.15, 0.2) is 12.4 Å². The van der Waals surface area contributed by atoms with Crippen molar-refractivity contribution >= 4 is 55.9 Å². The van der Waals surface area contributed by atoms with E-state index >= 15 is 0 Å². The van der Waals surface area contributed by atoms with Crippen LogP contribution in [0.2, 0.25) is 0 Å². The Bertz CT molecular complexity index is 872. The molecule has 1 N–H and O–H groups in total. The molecule has 1 aliphatic rings. The lowest BCUT2D eigenvalue weighted by Crippen LogP contribution is -2.11. The average molecular weight is 420 g/mol. The molecule has 2 aromatic rings. The van der Waals surface area contributed by atoms with Crippen molar-refractivity contribution < 1.29 is 9.53 Å². The van der Waals surface area contributed by atoms with Crippen molar-refractivity contribution in [1.29, 1.82) is 10.7 Å². The summed E-state index contributed by atoms with van der Waals surface area (Å²) in [4.78, 5) is 17.3. The summed E-state index contributed by atoms with van der Waals surface area (Å²) in [5.41, 5.74) is 0.814. The molecule has 24 heavy (non-hydrogen) atoms. The number of allylic oxidation sites excluding steroid dienone is 1. The van der Waals surface area contributed by atoms with Crippen molar-refractivity contribution in [3.63, 3.8) is 0 Å². The zero-order chi connectivity index (χ0) is 17.1. The van der Waals surface area contributed by atoms with Crippen LogP contribution in [0.25, 0.3) is 6.08 Å². The highest BCUT2D eigenvalue weighted by molar-refractivity contribution is 9.10. The smallest absolute Gasteiger partial charge is 0.186 e. The first-order chi connectivity index (χ1) is 11.6. The number of Topliss-reactive ketones (excluding diaryl/α,β-unsaturated/α-hetero) is 1. The summed E-state index contributed by atoms with van der Waals surface area (Å²) in [5, 5.41) is 19.4. The Morgan fingerprint density at radius 1 is 1.50 bits per heavy atom. The van der Waals surface area contributed by atoms with E-state index in [1.54, 1.807) is 29.8 Å². The number of ketones is 1. The van der Waals surface area contributed by atoms with Gasteiger partial charge in [-0.25, -0.2) is 4.98 Å². The van der Waals surface area contributed by atoms with Crippen LogP contribution in [-0.2, 0) is 4.79 Å². The second-order valence-electron chi connectivity index (χ2n) is 4.78. The van der Waals surface area contributed by atoms with E-state index in [1.807, 2.05) is 12.1 Å². The average Bonchev–Trinajstić information content (AvgIpc) is 3.15. The maximum absolute atomic E-state index is 12.6. The summed E-state index contributed by atoms with van der Waals surface area (Å²) in [6, 6.07) is 7.27. The Morgan fingerprint density at radius 3 is 3.00 bits per heavy atom. The molecule has 2 heterocycles. The Balaban J connectivity index is 1.84. The lowest BCUT2D eigenvalue weighted by atomic mass is 10.1. The molecule has 1 unspecified atom stereocenters. The molecule has 1 atom stereocenters. The first-order valence-corrected chi connectivity index (χ1v) is 9.30. The first kappa shape index (κ1) is 16.9. The van der Waals surface area contributed by atoms with E-state index in [0.717, 1.165) is 5.56 Å². The molecule has 0 spiro atoms. The normalized spacial score (nSPS) is 18.8. The van der Waals surface area contributed by atoms with Crippen LogP contribution >= 0.6 is 39.0 Å². The zero-order valence-electron chi connectivity index (χ0n) is 12.2. The number of thiazole rings is 1. The van der Waals surface area contributed by atoms with Crippen molar-refractivity contribution in [2.24, 2.45) is 0 Å². The van der Waals surface area contributed by atoms with Crippen LogP contribution in [0, 0.1) is 16.7 Å². The van der Waals surface area contributed by atoms with Crippen LogP contribution in [0.5, 0.6) is 5.75 Å². The standard InChI is InChI=1S/C16H10BrN3O2S2/c17-10-7-9(1-2-11(10)22-5-3-18)8-12-14(21)13(15(19)24-12)16-20-4-6-23-16/h1-2,4,6-8,13,19H,5H2. The molecule has 1 aromatic carbocycles. The van der Waals surface area contributed by atoms with Gasteiger partial charge in [0, 0.05) is 11.6 Å². The molecule has 120 valence electrons. The Labute approximate surface area is 155 Å². The number of rotatable bonds is 4. The molecule has 1 aliphatic heterocycles. The number of halogens is 1. The van der Waals surface area contributed by atoms with E-state index in [1.165, 1.54) is 23.1 Å². The highest BCUT2D eigenvalue weighted by Crippen LogP contribution is 2.41. The van der Waals surface area contributed by atoms with Gasteiger partial charge in [0.1, 0.15) is 22.7 Å². The molecule has 0 bridgehead atoms. The second kappa shape index (κ2) is 7.30. The number of carbonyl (C=O) groups excluding carboxylic acids is 1. The van der Waals surface area contributed by atoms with Gasteiger partial charge in [-0.3, -0.25) is 10.2 Å². The largest absolute Gasteiger partial charge is 0.478 e. The highest BCUT2D eigenvalue weighted by atomic mass is 79.9. The number of nitrogens with one attached hydrogen (secondary N) is 1. The number of nitriles is 1. The minimum atomic E-state index is -0.581. The fraction of sp³-hybridized carbons (Fsp3) is 0.125. The predicted octanol–water partition coefficient (Wildman–Crippen LogP) is 4.23. The van der Waals surface area contributed by atoms with Crippen molar-refractivity contribution in [3.8, 4) is 11.8 Å². The van der Waals surface area contributed by atoms with Gasteiger partial charge in [-0.2, -0.15) is 5.26 Å². The lowest BCUT2D eigenvalue weighted by molar-refractivity contribution is -0.114. The minimum absolute atomic E-state index is 0.0277. The molecule has 1 aromatic heterocycles. The third kappa shape index (κ3) is 3.43. The molecular weight excluding hydrogens is 410 g/mol. The monoisotopic (exact) mass is 419 g/mol. The summed E-state index contributed by atoms with van der Waals surface area (Å²) >= 11 is 5.95. The predicted molar refractivity (Wildman–Crippen MR) is 98.4 cm³/mol. The quantitative estimate of drug-likeness (QED) is 0.749. The van der Waals surface area contributed by atoms with Crippen molar-refractivity contribution in [3.05, 3.63) is 49.7 Å². The number of nitrogens with zero attached hydrogens (tertiary/aromatic N) is 2. The molecule has 0 amide bonds. The molecule has 8 heteroatoms. The molecule has 1 fully saturated rings. The molecule has 0 aliphatic carbocycles. The Morgan fingerprint density at radius 2 is 2.33 bits per heavy atom. The zero-order valence-corrected chi connectivity index (χ0v) is 15.4. The molecule has 5 nitrogen and oxygen atoms in total. The fourth-order valence-corrected chi connectivity index (χ4v) is 4.49. The number of hydrogen-bond donors (Lipinski definition) is 1. The maximum Gasteiger partial charge on any atom is 0.186 e. The topological polar surface area (TPSA) is 86.8 Å². The van der Waals surface area contributed by atoms with E-state index in [-0.39, 0.29) is 12.4 Å². The van der Waals surface area contributed by atoms with Gasteiger partial charge in [0.25, 0.3) is 0 Å². The third-order valence-corrected chi connectivity index (χ3v) is 5.69. The number of aromatic nitrogens is 1. The summed E-state index contributed by atoms with van der Waals surface area (Å²) in [7, 11) is 0. The molecule has 3 rings (SSSR count). The van der Waals surface area contributed by atoms with E-state index in [2.05, 4.69) is 20.9 Å². The van der Waals surface area contributed by atoms with Gasteiger partial charge >= 0.3 is 0 Å². The van der Waals surface area contributed by atoms with Crippen LogP contribution < -0.4 is 4.74 Å². The molecule has 1 saturated heterocycles. The summed E-state index contributed by atoms with van der Waals surface area (Å²) in [6.45, 7) is -0.0277. The number of thioether (sulfide) groups is 1. The summed E-state index contributed by atoms with van der Waals surface area (Å²) < 4.78 is 5.98. The summed E-state index contributed by atoms with van der Waals surface area (Å²) in [5.74, 6) is -0.110. The van der Waals surface area contributed by atoms with Crippen molar-refractivity contribution in [1.82, 2.24) is 4.98 Å². The van der Waals surface area contributed by atoms with E-state index in [0.29, 0.717) is 25.2 Å². The number of benzene rings is 1. The van der Waals surface area contributed by atoms with Gasteiger partial charge in [0.2, 0.25) is 0 Å². The number of carbonyl (C=O) groups is 1. The highest BCUT2D eigenvalue weighted by Gasteiger charge is 2.38. The minimum Gasteiger partial charge on any atom is -0.478 e. The van der Waals surface area contributed by atoms with Gasteiger partial charge in [-0.1, -0.05) is 17.8 Å². The van der Waals surface area contributed by atoms with Crippen LogP contribution in [0.1, 0.15) is 16.5 Å². The van der Waals surface area contributed by atoms with E-state index in [9.17, 15) is 4.79 Å². The Hall–Kier alpha value is -1.95. The SMILES string of the molecule is N#CCOc1ccc(C=C2SC(=N)C(c3nccs3)C2=O)cc1Br. The number of hydrogen-bond acceptors (Lipinski definition) is 7. The van der Waals surface area contributed by atoms with Crippen LogP contribution in [0.3, 0.4) is 0 Å². The van der Waals surface area contributed by atoms with Crippen molar-refractivity contribution in [2.45, 2.75) is 5.92 Å². The first-order valence-electron chi connectivity index (χ1n) is 6.81. The van der Waals surface area contributed by atoms with Crippen LogP contribution in [-0.4, -0.2) is 22.4 Å². The molecule has 0 saturated carbocycles. The fourth-order valence-electron chi connectivity index (χ4n) is 2.18. The lowest BCUT2D eigenvalue weighted by Gasteiger charge is -2.05. The Kier molecular flexibility index (Phi) is 5.14.